The molecule has 2 aromatic heterocycles. The van der Waals surface area contributed by atoms with E-state index < -0.39 is 0 Å². The van der Waals surface area contributed by atoms with Gasteiger partial charge in [-0.15, -0.1) is 10.2 Å². The van der Waals surface area contributed by atoms with Crippen molar-refractivity contribution in [3.63, 3.8) is 0 Å². The molecule has 2 heterocycles. The van der Waals surface area contributed by atoms with Crippen molar-refractivity contribution in [3.8, 4) is 28.8 Å². The molecule has 3 rings (SSSR count). The molecule has 0 radical (unpaired) electrons. The molecular weight excluding hydrogens is 376 g/mol. The molecule has 0 N–H and O–H groups in total. The van der Waals surface area contributed by atoms with Gasteiger partial charge in [0.25, 0.3) is 5.91 Å². The van der Waals surface area contributed by atoms with E-state index in [1.54, 1.807) is 37.0 Å². The Morgan fingerprint density at radius 3 is 2.34 bits per heavy atom. The number of likely N-dealkylation sites (N-methyl/N-ethyl adjacent to an activating group) is 1. The highest BCUT2D eigenvalue weighted by molar-refractivity contribution is 5.90. The number of amides is 1. The van der Waals surface area contributed by atoms with E-state index in [1.165, 1.54) is 26.3 Å². The van der Waals surface area contributed by atoms with Gasteiger partial charge >= 0.3 is 0 Å². The van der Waals surface area contributed by atoms with Gasteiger partial charge in [-0.2, -0.15) is 0 Å². The fourth-order valence-electron chi connectivity index (χ4n) is 2.73. The second-order valence-corrected chi connectivity index (χ2v) is 5.99. The topological polar surface area (TPSA) is 91.9 Å². The van der Waals surface area contributed by atoms with Crippen LogP contribution in [0.1, 0.15) is 11.6 Å². The molecule has 0 aliphatic carbocycles. The minimum absolute atomic E-state index is 0.357. The number of ether oxygens (including phenoxy) is 2. The molecular formula is C20H22N4O5. The van der Waals surface area contributed by atoms with E-state index >= 15 is 0 Å². The van der Waals surface area contributed by atoms with Gasteiger partial charge in [-0.05, 0) is 37.3 Å². The highest BCUT2D eigenvalue weighted by Gasteiger charge is 2.23. The third-order valence-electron chi connectivity index (χ3n) is 4.23. The lowest BCUT2D eigenvalue weighted by molar-refractivity contribution is -0.162. The number of benzene rings is 1. The summed E-state index contributed by atoms with van der Waals surface area (Å²) in [5.74, 6) is 2.80. The largest absolute Gasteiger partial charge is 0.494 e. The summed E-state index contributed by atoms with van der Waals surface area (Å²) in [6.45, 7) is 1.84. The first kappa shape index (κ1) is 20.2. The van der Waals surface area contributed by atoms with Crippen LogP contribution in [-0.2, 0) is 9.63 Å². The fourth-order valence-corrected chi connectivity index (χ4v) is 2.73. The number of nitrogens with zero attached hydrogens (tertiary/aromatic N) is 4. The van der Waals surface area contributed by atoms with Gasteiger partial charge in [-0.1, -0.05) is 6.07 Å². The SMILES string of the molecule is COc1cccc(OC)c1-n1c(/C=C/C(=O)N(C)OC)nnc1-c1ccc(C)o1. The number of para-hydroxylation sites is 1. The molecule has 0 aliphatic rings. The van der Waals surface area contributed by atoms with Crippen LogP contribution in [0, 0.1) is 6.92 Å². The van der Waals surface area contributed by atoms with Crippen molar-refractivity contribution in [2.24, 2.45) is 0 Å². The average molecular weight is 398 g/mol. The summed E-state index contributed by atoms with van der Waals surface area (Å²) < 4.78 is 18.5. The molecule has 0 fully saturated rings. The Bertz CT molecular complexity index is 1020. The summed E-state index contributed by atoms with van der Waals surface area (Å²) in [5, 5.41) is 9.60. The average Bonchev–Trinajstić information content (AvgIpc) is 3.36. The van der Waals surface area contributed by atoms with Crippen molar-refractivity contribution in [1.82, 2.24) is 19.8 Å². The van der Waals surface area contributed by atoms with Gasteiger partial charge in [0.05, 0.1) is 21.3 Å². The summed E-state index contributed by atoms with van der Waals surface area (Å²) in [5.41, 5.74) is 0.582. The van der Waals surface area contributed by atoms with Gasteiger partial charge in [-0.25, -0.2) is 5.06 Å². The lowest BCUT2D eigenvalue weighted by Gasteiger charge is -2.16. The molecule has 0 bridgehead atoms. The maximum Gasteiger partial charge on any atom is 0.269 e. The van der Waals surface area contributed by atoms with Crippen LogP contribution in [0.5, 0.6) is 11.5 Å². The molecule has 3 aromatic rings. The van der Waals surface area contributed by atoms with Gasteiger partial charge in [0, 0.05) is 13.1 Å². The summed E-state index contributed by atoms with van der Waals surface area (Å²) in [4.78, 5) is 17.0. The van der Waals surface area contributed by atoms with Crippen molar-refractivity contribution >= 4 is 12.0 Å². The lowest BCUT2D eigenvalue weighted by atomic mass is 10.2. The Hall–Kier alpha value is -3.59. The van der Waals surface area contributed by atoms with E-state index in [9.17, 15) is 4.79 Å². The van der Waals surface area contributed by atoms with Crippen LogP contribution >= 0.6 is 0 Å². The van der Waals surface area contributed by atoms with Crippen molar-refractivity contribution in [2.75, 3.05) is 28.4 Å². The number of carbonyl (C=O) groups is 1. The van der Waals surface area contributed by atoms with Gasteiger partial charge in [0.2, 0.25) is 5.82 Å². The van der Waals surface area contributed by atoms with E-state index in [0.29, 0.717) is 34.6 Å². The molecule has 1 aromatic carbocycles. The van der Waals surface area contributed by atoms with E-state index in [1.807, 2.05) is 19.1 Å². The van der Waals surface area contributed by atoms with E-state index in [2.05, 4.69) is 10.2 Å². The number of methoxy groups -OCH3 is 2. The number of furan rings is 1. The van der Waals surface area contributed by atoms with Crippen LogP contribution in [0.15, 0.2) is 40.8 Å². The Kier molecular flexibility index (Phi) is 5.99. The summed E-state index contributed by atoms with van der Waals surface area (Å²) in [6.07, 6.45) is 2.87. The smallest absolute Gasteiger partial charge is 0.269 e. The molecule has 0 aliphatic heterocycles. The number of carbonyl (C=O) groups excluding carboxylic acids is 1. The Morgan fingerprint density at radius 1 is 1.10 bits per heavy atom. The van der Waals surface area contributed by atoms with Gasteiger partial charge in [0.1, 0.15) is 22.9 Å². The Balaban J connectivity index is 2.22. The molecule has 0 spiro atoms. The molecule has 0 saturated carbocycles. The summed E-state index contributed by atoms with van der Waals surface area (Å²) in [7, 11) is 6.04. The second kappa shape index (κ2) is 8.61. The van der Waals surface area contributed by atoms with E-state index in [0.717, 1.165) is 10.8 Å². The lowest BCUT2D eigenvalue weighted by Crippen LogP contribution is -2.23. The number of aromatic nitrogens is 3. The van der Waals surface area contributed by atoms with Crippen molar-refractivity contribution < 1.29 is 23.5 Å². The van der Waals surface area contributed by atoms with E-state index in [-0.39, 0.29) is 5.91 Å². The number of hydroxylamine groups is 2. The monoisotopic (exact) mass is 398 g/mol. The molecule has 152 valence electrons. The number of hydrogen-bond donors (Lipinski definition) is 0. The first-order chi connectivity index (χ1) is 14.0. The van der Waals surface area contributed by atoms with Gasteiger partial charge < -0.3 is 13.9 Å². The van der Waals surface area contributed by atoms with Crippen LogP contribution in [0.4, 0.5) is 0 Å². The van der Waals surface area contributed by atoms with Gasteiger partial charge in [0.15, 0.2) is 11.6 Å². The minimum atomic E-state index is -0.357. The maximum absolute atomic E-state index is 12.1. The van der Waals surface area contributed by atoms with Crippen LogP contribution in [0.2, 0.25) is 0 Å². The molecule has 0 unspecified atom stereocenters. The Morgan fingerprint density at radius 2 is 1.79 bits per heavy atom. The highest BCUT2D eigenvalue weighted by Crippen LogP contribution is 2.36. The predicted molar refractivity (Wildman–Crippen MR) is 106 cm³/mol. The third kappa shape index (κ3) is 3.99. The quantitative estimate of drug-likeness (QED) is 0.446. The first-order valence-corrected chi connectivity index (χ1v) is 8.73. The van der Waals surface area contributed by atoms with Crippen LogP contribution in [0.25, 0.3) is 23.3 Å². The van der Waals surface area contributed by atoms with E-state index in [4.69, 9.17) is 18.7 Å². The normalized spacial score (nSPS) is 11.1. The zero-order valence-corrected chi connectivity index (χ0v) is 16.9. The summed E-state index contributed by atoms with van der Waals surface area (Å²) >= 11 is 0. The molecule has 0 atom stereocenters. The molecule has 0 saturated heterocycles. The first-order valence-electron chi connectivity index (χ1n) is 8.73. The molecule has 9 nitrogen and oxygen atoms in total. The van der Waals surface area contributed by atoms with Crippen molar-refractivity contribution in [2.45, 2.75) is 6.92 Å². The fraction of sp³-hybridized carbons (Fsp3) is 0.250. The number of hydrogen-bond acceptors (Lipinski definition) is 7. The zero-order valence-electron chi connectivity index (χ0n) is 16.9. The molecule has 1 amide bonds. The molecule has 9 heteroatoms. The summed E-state index contributed by atoms with van der Waals surface area (Å²) in [6, 6.07) is 9.04. The molecule has 29 heavy (non-hydrogen) atoms. The predicted octanol–water partition coefficient (Wildman–Crippen LogP) is 2.89. The zero-order chi connectivity index (χ0) is 21.0. The third-order valence-corrected chi connectivity index (χ3v) is 4.23. The van der Waals surface area contributed by atoms with Crippen LogP contribution < -0.4 is 9.47 Å². The minimum Gasteiger partial charge on any atom is -0.494 e. The van der Waals surface area contributed by atoms with Gasteiger partial charge in [-0.3, -0.25) is 14.2 Å². The number of rotatable bonds is 7. The second-order valence-electron chi connectivity index (χ2n) is 5.99. The maximum atomic E-state index is 12.1. The van der Waals surface area contributed by atoms with Crippen LogP contribution in [-0.4, -0.2) is 54.1 Å². The van der Waals surface area contributed by atoms with Crippen molar-refractivity contribution in [3.05, 3.63) is 48.0 Å². The van der Waals surface area contributed by atoms with Crippen LogP contribution in [0.3, 0.4) is 0 Å². The standard InChI is InChI=1S/C20H22N4O5/c1-13-9-10-16(29-13)20-22-21-17(11-12-18(25)23(2)28-5)24(20)19-14(26-3)7-6-8-15(19)27-4/h6-12H,1-5H3/b12-11+. The number of aryl methyl sites for hydroxylation is 1. The highest BCUT2D eigenvalue weighted by atomic mass is 16.7. The Labute approximate surface area is 168 Å². The van der Waals surface area contributed by atoms with Crippen molar-refractivity contribution in [1.29, 1.82) is 0 Å².